The maximum atomic E-state index is 13.6. The predicted molar refractivity (Wildman–Crippen MR) is 101 cm³/mol. The summed E-state index contributed by atoms with van der Waals surface area (Å²) in [5.74, 6) is -10.1. The van der Waals surface area contributed by atoms with Crippen LogP contribution in [0.4, 0.5) is 33.3 Å². The van der Waals surface area contributed by atoms with Crippen LogP contribution in [0.1, 0.15) is 11.1 Å². The van der Waals surface area contributed by atoms with Crippen molar-refractivity contribution in [1.82, 2.24) is 0 Å². The maximum absolute atomic E-state index is 13.6. The summed E-state index contributed by atoms with van der Waals surface area (Å²) in [5.41, 5.74) is 1.55. The van der Waals surface area contributed by atoms with Crippen LogP contribution in [0, 0.1) is 39.2 Å². The number of halogens is 5. The van der Waals surface area contributed by atoms with Gasteiger partial charge in [0.2, 0.25) is 5.82 Å². The highest BCUT2D eigenvalue weighted by atomic mass is 19.2. The normalized spacial score (nSPS) is 11.0. The molecular formula is C20H12F5N3O3. The molecule has 1 N–H and O–H groups in total. The summed E-state index contributed by atoms with van der Waals surface area (Å²) in [6, 6.07) is 12.0. The van der Waals surface area contributed by atoms with Gasteiger partial charge < -0.3 is 4.74 Å². The van der Waals surface area contributed by atoms with E-state index in [1.807, 2.05) is 5.43 Å². The van der Waals surface area contributed by atoms with Gasteiger partial charge in [-0.05, 0) is 35.4 Å². The molecule has 0 atom stereocenters. The van der Waals surface area contributed by atoms with Crippen LogP contribution in [0.15, 0.2) is 53.6 Å². The molecule has 0 radical (unpaired) electrons. The molecule has 3 aromatic rings. The molecule has 11 heteroatoms. The molecule has 0 aliphatic rings. The summed E-state index contributed by atoms with van der Waals surface area (Å²) in [5, 5.41) is 14.2. The molecule has 0 spiro atoms. The van der Waals surface area contributed by atoms with Crippen molar-refractivity contribution in [3.63, 3.8) is 0 Å². The first-order valence-corrected chi connectivity index (χ1v) is 8.54. The monoisotopic (exact) mass is 437 g/mol. The minimum Gasteiger partial charge on any atom is -0.489 e. The Balaban J connectivity index is 1.67. The van der Waals surface area contributed by atoms with Crippen molar-refractivity contribution < 1.29 is 31.6 Å². The van der Waals surface area contributed by atoms with E-state index in [2.05, 4.69) is 5.10 Å². The first-order valence-electron chi connectivity index (χ1n) is 8.54. The quantitative estimate of drug-likeness (QED) is 0.136. The molecule has 0 aliphatic carbocycles. The second kappa shape index (κ2) is 9.20. The Bertz CT molecular complexity index is 1120. The number of ether oxygens (including phenoxy) is 1. The Kier molecular flexibility index (Phi) is 6.43. The van der Waals surface area contributed by atoms with Crippen molar-refractivity contribution >= 4 is 17.6 Å². The van der Waals surface area contributed by atoms with Crippen LogP contribution < -0.4 is 10.2 Å². The fourth-order valence-electron chi connectivity index (χ4n) is 2.44. The number of benzene rings is 3. The predicted octanol–water partition coefficient (Wildman–Crippen LogP) is 5.32. The molecule has 0 saturated heterocycles. The smallest absolute Gasteiger partial charge is 0.269 e. The van der Waals surface area contributed by atoms with Gasteiger partial charge in [0.25, 0.3) is 5.69 Å². The summed E-state index contributed by atoms with van der Waals surface area (Å²) in [6.07, 6.45) is 1.09. The number of non-ortho nitro benzene ring substituents is 1. The lowest BCUT2D eigenvalue weighted by molar-refractivity contribution is -0.384. The number of hydrogen-bond donors (Lipinski definition) is 1. The molecule has 0 fully saturated rings. The molecule has 0 saturated carbocycles. The molecule has 0 heterocycles. The molecule has 0 amide bonds. The fraction of sp³-hybridized carbons (Fsp3) is 0.0500. The van der Waals surface area contributed by atoms with Gasteiger partial charge >= 0.3 is 0 Å². The van der Waals surface area contributed by atoms with Gasteiger partial charge in [0.15, 0.2) is 23.3 Å². The Morgan fingerprint density at radius 3 is 2.16 bits per heavy atom. The number of rotatable bonds is 7. The number of nitro benzene ring substituents is 1. The van der Waals surface area contributed by atoms with Gasteiger partial charge in [0, 0.05) is 12.1 Å². The average molecular weight is 437 g/mol. The highest BCUT2D eigenvalue weighted by Gasteiger charge is 2.25. The Hall–Kier alpha value is -4.02. The first kappa shape index (κ1) is 21.7. The van der Waals surface area contributed by atoms with Crippen LogP contribution in [0.3, 0.4) is 0 Å². The standard InChI is InChI=1S/C20H12F5N3O3/c21-15-16(22)18(24)20(19(25)17(15)23)27-26-9-12-2-1-3-14(8-12)31-10-11-4-6-13(7-5-11)28(29)30/h1-9,27H,10H2/b26-9+. The van der Waals surface area contributed by atoms with Gasteiger partial charge in [-0.2, -0.15) is 5.10 Å². The highest BCUT2D eigenvalue weighted by Crippen LogP contribution is 2.27. The SMILES string of the molecule is O=[N+]([O-])c1ccc(COc2cccc(/C=N/Nc3c(F)c(F)c(F)c(F)c3F)c2)cc1. The van der Waals surface area contributed by atoms with E-state index >= 15 is 0 Å². The summed E-state index contributed by atoms with van der Waals surface area (Å²) in [6.45, 7) is 0.112. The van der Waals surface area contributed by atoms with Crippen molar-refractivity contribution in [2.45, 2.75) is 6.61 Å². The number of nitro groups is 1. The third-order valence-corrected chi connectivity index (χ3v) is 4.01. The second-order valence-electron chi connectivity index (χ2n) is 6.10. The number of hydrogen-bond acceptors (Lipinski definition) is 5. The van der Waals surface area contributed by atoms with E-state index in [0.29, 0.717) is 16.9 Å². The van der Waals surface area contributed by atoms with Gasteiger partial charge in [-0.15, -0.1) is 0 Å². The van der Waals surface area contributed by atoms with Crippen LogP contribution in [0.5, 0.6) is 5.75 Å². The maximum Gasteiger partial charge on any atom is 0.269 e. The second-order valence-corrected chi connectivity index (χ2v) is 6.10. The molecule has 6 nitrogen and oxygen atoms in total. The van der Waals surface area contributed by atoms with E-state index in [-0.39, 0.29) is 12.3 Å². The molecule has 0 unspecified atom stereocenters. The molecule has 31 heavy (non-hydrogen) atoms. The van der Waals surface area contributed by atoms with Crippen molar-refractivity contribution in [3.05, 3.63) is 98.9 Å². The van der Waals surface area contributed by atoms with E-state index in [9.17, 15) is 32.1 Å². The molecule has 0 bridgehead atoms. The Labute approximate surface area is 171 Å². The van der Waals surface area contributed by atoms with Gasteiger partial charge in [0.05, 0.1) is 11.1 Å². The highest BCUT2D eigenvalue weighted by molar-refractivity contribution is 5.80. The lowest BCUT2D eigenvalue weighted by Gasteiger charge is -2.08. The number of anilines is 1. The van der Waals surface area contributed by atoms with Crippen LogP contribution in [0.25, 0.3) is 0 Å². The molecule has 160 valence electrons. The van der Waals surface area contributed by atoms with Gasteiger partial charge in [-0.1, -0.05) is 12.1 Å². The average Bonchev–Trinajstić information content (AvgIpc) is 2.78. The molecule has 0 aliphatic heterocycles. The minimum atomic E-state index is -2.26. The van der Waals surface area contributed by atoms with E-state index in [1.54, 1.807) is 18.2 Å². The summed E-state index contributed by atoms with van der Waals surface area (Å²) >= 11 is 0. The van der Waals surface area contributed by atoms with Crippen LogP contribution in [0.2, 0.25) is 0 Å². The Morgan fingerprint density at radius 2 is 1.55 bits per heavy atom. The van der Waals surface area contributed by atoms with E-state index in [1.165, 1.54) is 30.3 Å². The van der Waals surface area contributed by atoms with Gasteiger partial charge in [-0.3, -0.25) is 15.5 Å². The lowest BCUT2D eigenvalue weighted by Crippen LogP contribution is -2.06. The van der Waals surface area contributed by atoms with Crippen LogP contribution in [-0.2, 0) is 6.61 Å². The van der Waals surface area contributed by atoms with Crippen molar-refractivity contribution in [1.29, 1.82) is 0 Å². The third-order valence-electron chi connectivity index (χ3n) is 4.01. The topological polar surface area (TPSA) is 76.8 Å². The van der Waals surface area contributed by atoms with Crippen LogP contribution >= 0.6 is 0 Å². The third kappa shape index (κ3) is 4.94. The molecule has 3 aromatic carbocycles. The number of hydrazone groups is 1. The lowest BCUT2D eigenvalue weighted by atomic mass is 10.2. The van der Waals surface area contributed by atoms with Crippen LogP contribution in [-0.4, -0.2) is 11.1 Å². The van der Waals surface area contributed by atoms with E-state index in [4.69, 9.17) is 4.74 Å². The summed E-state index contributed by atoms with van der Waals surface area (Å²) < 4.78 is 72.2. The van der Waals surface area contributed by atoms with Crippen molar-refractivity contribution in [3.8, 4) is 5.75 Å². The van der Waals surface area contributed by atoms with Crippen molar-refractivity contribution in [2.24, 2.45) is 5.10 Å². The van der Waals surface area contributed by atoms with Gasteiger partial charge in [0.1, 0.15) is 18.0 Å². The van der Waals surface area contributed by atoms with Crippen molar-refractivity contribution in [2.75, 3.05) is 5.43 Å². The van der Waals surface area contributed by atoms with E-state index in [0.717, 1.165) is 6.21 Å². The Morgan fingerprint density at radius 1 is 0.935 bits per heavy atom. The zero-order chi connectivity index (χ0) is 22.5. The van der Waals surface area contributed by atoms with E-state index < -0.39 is 39.7 Å². The molecule has 0 aromatic heterocycles. The minimum absolute atomic E-state index is 0.0525. The zero-order valence-corrected chi connectivity index (χ0v) is 15.4. The largest absolute Gasteiger partial charge is 0.489 e. The summed E-state index contributed by atoms with van der Waals surface area (Å²) in [7, 11) is 0. The summed E-state index contributed by atoms with van der Waals surface area (Å²) in [4.78, 5) is 10.1. The van der Waals surface area contributed by atoms with Gasteiger partial charge in [-0.25, -0.2) is 22.0 Å². The zero-order valence-electron chi connectivity index (χ0n) is 15.4. The number of nitrogens with one attached hydrogen (secondary N) is 1. The number of nitrogens with zero attached hydrogens (tertiary/aromatic N) is 2. The molecular weight excluding hydrogens is 425 g/mol. The molecule has 3 rings (SSSR count). The first-order chi connectivity index (χ1) is 14.8. The fourth-order valence-corrected chi connectivity index (χ4v) is 2.44.